The van der Waals surface area contributed by atoms with Crippen molar-refractivity contribution in [3.8, 4) is 0 Å². The first kappa shape index (κ1) is 14.4. The first-order valence-electron chi connectivity index (χ1n) is 8.30. The molecule has 7 nitrogen and oxygen atoms in total. The standard InChI is InChI=1S/C16H22N6O/c23-16(20-6-7-21-12-18-9-14(21)10-20)11-22-15(3-5-19-22)13-2-1-4-17-8-13/h3,5,9,12-13,17H,1-2,4,6-8,10-11H2. The number of carbonyl (C=O) groups is 1. The second-order valence-electron chi connectivity index (χ2n) is 6.35. The number of hydrogen-bond donors (Lipinski definition) is 1. The van der Waals surface area contributed by atoms with E-state index in [0.717, 1.165) is 38.3 Å². The average molecular weight is 314 g/mol. The monoisotopic (exact) mass is 314 g/mol. The third kappa shape index (κ3) is 2.88. The van der Waals surface area contributed by atoms with Gasteiger partial charge in [-0.2, -0.15) is 5.10 Å². The summed E-state index contributed by atoms with van der Waals surface area (Å²) >= 11 is 0. The smallest absolute Gasteiger partial charge is 0.244 e. The molecule has 4 rings (SSSR count). The highest BCUT2D eigenvalue weighted by Crippen LogP contribution is 2.23. The molecule has 7 heteroatoms. The Morgan fingerprint density at radius 1 is 1.39 bits per heavy atom. The lowest BCUT2D eigenvalue weighted by Crippen LogP contribution is -2.40. The van der Waals surface area contributed by atoms with Crippen molar-refractivity contribution in [1.29, 1.82) is 0 Å². The minimum absolute atomic E-state index is 0.131. The number of rotatable bonds is 3. The zero-order valence-electron chi connectivity index (χ0n) is 13.2. The highest BCUT2D eigenvalue weighted by atomic mass is 16.2. The molecule has 2 aromatic heterocycles. The highest BCUT2D eigenvalue weighted by molar-refractivity contribution is 5.76. The summed E-state index contributed by atoms with van der Waals surface area (Å²) in [4.78, 5) is 18.7. The highest BCUT2D eigenvalue weighted by Gasteiger charge is 2.24. The van der Waals surface area contributed by atoms with Gasteiger partial charge in [0.2, 0.25) is 5.91 Å². The van der Waals surface area contributed by atoms with E-state index in [0.29, 0.717) is 19.0 Å². The van der Waals surface area contributed by atoms with Gasteiger partial charge in [-0.05, 0) is 25.5 Å². The Bertz CT molecular complexity index is 684. The Hall–Kier alpha value is -2.15. The summed E-state index contributed by atoms with van der Waals surface area (Å²) in [6, 6.07) is 2.05. The summed E-state index contributed by atoms with van der Waals surface area (Å²) in [5.41, 5.74) is 2.27. The number of carbonyl (C=O) groups excluding carboxylic acids is 1. The van der Waals surface area contributed by atoms with E-state index in [-0.39, 0.29) is 5.91 Å². The summed E-state index contributed by atoms with van der Waals surface area (Å²) in [6.45, 7) is 4.59. The van der Waals surface area contributed by atoms with Gasteiger partial charge in [-0.1, -0.05) is 0 Å². The minimum atomic E-state index is 0.131. The maximum Gasteiger partial charge on any atom is 0.244 e. The molecule has 122 valence electrons. The minimum Gasteiger partial charge on any atom is -0.333 e. The van der Waals surface area contributed by atoms with Crippen LogP contribution < -0.4 is 5.32 Å². The molecule has 1 atom stereocenters. The Morgan fingerprint density at radius 2 is 2.35 bits per heavy atom. The van der Waals surface area contributed by atoms with Crippen molar-refractivity contribution in [3.63, 3.8) is 0 Å². The van der Waals surface area contributed by atoms with Gasteiger partial charge < -0.3 is 14.8 Å². The van der Waals surface area contributed by atoms with Gasteiger partial charge in [-0.25, -0.2) is 4.98 Å². The lowest BCUT2D eigenvalue weighted by molar-refractivity contribution is -0.133. The lowest BCUT2D eigenvalue weighted by atomic mass is 9.96. The summed E-state index contributed by atoms with van der Waals surface area (Å²) in [6.07, 6.45) is 7.82. The van der Waals surface area contributed by atoms with E-state index in [9.17, 15) is 4.79 Å². The van der Waals surface area contributed by atoms with E-state index in [2.05, 4.69) is 26.0 Å². The Morgan fingerprint density at radius 3 is 3.22 bits per heavy atom. The molecule has 2 aromatic rings. The quantitative estimate of drug-likeness (QED) is 0.900. The number of nitrogens with one attached hydrogen (secondary N) is 1. The van der Waals surface area contributed by atoms with Crippen molar-refractivity contribution in [2.75, 3.05) is 19.6 Å². The average Bonchev–Trinajstić information content (AvgIpc) is 3.23. The maximum atomic E-state index is 12.7. The molecule has 4 heterocycles. The molecule has 23 heavy (non-hydrogen) atoms. The van der Waals surface area contributed by atoms with Crippen LogP contribution in [0.2, 0.25) is 0 Å². The van der Waals surface area contributed by atoms with E-state index in [1.807, 2.05) is 28.3 Å². The maximum absolute atomic E-state index is 12.7. The fourth-order valence-electron chi connectivity index (χ4n) is 3.55. The SMILES string of the molecule is O=C(Cn1nccc1C1CCCNC1)N1CCn2cncc2C1. The van der Waals surface area contributed by atoms with Gasteiger partial charge in [0, 0.05) is 43.6 Å². The van der Waals surface area contributed by atoms with Crippen molar-refractivity contribution < 1.29 is 4.79 Å². The lowest BCUT2D eigenvalue weighted by Gasteiger charge is -2.29. The van der Waals surface area contributed by atoms with Gasteiger partial charge in [-0.15, -0.1) is 0 Å². The molecule has 1 fully saturated rings. The van der Waals surface area contributed by atoms with Gasteiger partial charge in [0.05, 0.1) is 18.6 Å². The van der Waals surface area contributed by atoms with Crippen LogP contribution in [0.5, 0.6) is 0 Å². The van der Waals surface area contributed by atoms with Crippen molar-refractivity contribution >= 4 is 5.91 Å². The van der Waals surface area contributed by atoms with E-state index >= 15 is 0 Å². The first-order valence-corrected chi connectivity index (χ1v) is 8.30. The fourth-order valence-corrected chi connectivity index (χ4v) is 3.55. The third-order valence-corrected chi connectivity index (χ3v) is 4.86. The first-order chi connectivity index (χ1) is 11.3. The molecule has 1 saturated heterocycles. The normalized spacial score (nSPS) is 21.2. The van der Waals surface area contributed by atoms with Crippen LogP contribution in [0.15, 0.2) is 24.8 Å². The molecular formula is C16H22N6O. The van der Waals surface area contributed by atoms with Crippen LogP contribution in [0.25, 0.3) is 0 Å². The number of hydrogen-bond acceptors (Lipinski definition) is 4. The molecule has 0 aliphatic carbocycles. The Kier molecular flexibility index (Phi) is 3.87. The molecule has 1 N–H and O–H groups in total. The number of nitrogens with zero attached hydrogens (tertiary/aromatic N) is 5. The largest absolute Gasteiger partial charge is 0.333 e. The predicted molar refractivity (Wildman–Crippen MR) is 84.7 cm³/mol. The molecule has 2 aliphatic rings. The van der Waals surface area contributed by atoms with Crippen molar-refractivity contribution in [2.45, 2.75) is 38.4 Å². The Balaban J connectivity index is 1.44. The van der Waals surface area contributed by atoms with Crippen LogP contribution in [-0.4, -0.2) is 49.8 Å². The second kappa shape index (κ2) is 6.16. The Labute approximate surface area is 135 Å². The third-order valence-electron chi connectivity index (χ3n) is 4.86. The van der Waals surface area contributed by atoms with Gasteiger partial charge in [0.25, 0.3) is 0 Å². The number of fused-ring (bicyclic) bond motifs is 1. The molecule has 0 radical (unpaired) electrons. The molecule has 1 unspecified atom stereocenters. The second-order valence-corrected chi connectivity index (χ2v) is 6.35. The van der Waals surface area contributed by atoms with Crippen LogP contribution in [0, 0.1) is 0 Å². The molecule has 0 bridgehead atoms. The number of amides is 1. The van der Waals surface area contributed by atoms with E-state index in [1.165, 1.54) is 12.1 Å². The molecule has 2 aliphatic heterocycles. The van der Waals surface area contributed by atoms with Gasteiger partial charge >= 0.3 is 0 Å². The van der Waals surface area contributed by atoms with Crippen LogP contribution in [0.4, 0.5) is 0 Å². The summed E-state index contributed by atoms with van der Waals surface area (Å²) in [5, 5.41) is 7.81. The van der Waals surface area contributed by atoms with Crippen molar-refractivity contribution in [3.05, 3.63) is 36.2 Å². The predicted octanol–water partition coefficient (Wildman–Crippen LogP) is 0.589. The molecule has 0 saturated carbocycles. The topological polar surface area (TPSA) is 68.0 Å². The van der Waals surface area contributed by atoms with Crippen molar-refractivity contribution in [1.82, 2.24) is 29.5 Å². The molecule has 0 spiro atoms. The fraction of sp³-hybridized carbons (Fsp3) is 0.562. The number of aromatic nitrogens is 4. The van der Waals surface area contributed by atoms with Crippen LogP contribution >= 0.6 is 0 Å². The number of piperidine rings is 1. The van der Waals surface area contributed by atoms with Crippen LogP contribution in [0.3, 0.4) is 0 Å². The molecule has 1 amide bonds. The summed E-state index contributed by atoms with van der Waals surface area (Å²) in [5.74, 6) is 0.591. The van der Waals surface area contributed by atoms with E-state index < -0.39 is 0 Å². The summed E-state index contributed by atoms with van der Waals surface area (Å²) in [7, 11) is 0. The van der Waals surface area contributed by atoms with Gasteiger partial charge in [0.15, 0.2) is 0 Å². The summed E-state index contributed by atoms with van der Waals surface area (Å²) < 4.78 is 3.99. The van der Waals surface area contributed by atoms with Crippen LogP contribution in [0.1, 0.15) is 30.1 Å². The zero-order valence-corrected chi connectivity index (χ0v) is 13.2. The zero-order chi connectivity index (χ0) is 15.6. The number of imidazole rings is 1. The van der Waals surface area contributed by atoms with Gasteiger partial charge in [0.1, 0.15) is 6.54 Å². The van der Waals surface area contributed by atoms with E-state index in [1.54, 1.807) is 0 Å². The van der Waals surface area contributed by atoms with Crippen molar-refractivity contribution in [2.24, 2.45) is 0 Å². The van der Waals surface area contributed by atoms with E-state index in [4.69, 9.17) is 0 Å². The molecular weight excluding hydrogens is 292 g/mol. The van der Waals surface area contributed by atoms with Gasteiger partial charge in [-0.3, -0.25) is 9.48 Å². The van der Waals surface area contributed by atoms with Crippen LogP contribution in [-0.2, 0) is 24.4 Å². The molecule has 0 aromatic carbocycles.